The number of anilines is 2. The van der Waals surface area contributed by atoms with Crippen molar-refractivity contribution in [2.45, 2.75) is 19.0 Å². The van der Waals surface area contributed by atoms with Gasteiger partial charge in [-0.25, -0.2) is 4.39 Å². The molecule has 1 saturated heterocycles. The number of hydrogen-bond donors (Lipinski definition) is 1. The Balaban J connectivity index is 1.42. The number of hydrogen-bond acceptors (Lipinski definition) is 5. The maximum Gasteiger partial charge on any atom is 0.225 e. The van der Waals surface area contributed by atoms with Crippen molar-refractivity contribution in [1.29, 1.82) is 0 Å². The summed E-state index contributed by atoms with van der Waals surface area (Å²) in [6.07, 6.45) is 0.648. The van der Waals surface area contributed by atoms with Crippen molar-refractivity contribution >= 4 is 17.3 Å². The van der Waals surface area contributed by atoms with Gasteiger partial charge in [0.05, 0.1) is 31.9 Å². The van der Waals surface area contributed by atoms with E-state index in [1.807, 2.05) is 24.3 Å². The Morgan fingerprint density at radius 2 is 1.80 bits per heavy atom. The van der Waals surface area contributed by atoms with Crippen LogP contribution in [0.15, 0.2) is 66.7 Å². The molecule has 2 unspecified atom stereocenters. The zero-order valence-electron chi connectivity index (χ0n) is 20.0. The molecule has 0 spiro atoms. The Morgan fingerprint density at radius 1 is 1.00 bits per heavy atom. The molecule has 35 heavy (non-hydrogen) atoms. The fourth-order valence-electron chi connectivity index (χ4n) is 5.24. The Labute approximate surface area is 205 Å². The minimum Gasteiger partial charge on any atom is -0.497 e. The van der Waals surface area contributed by atoms with Crippen LogP contribution in [0.4, 0.5) is 15.8 Å². The first-order chi connectivity index (χ1) is 17.1. The topological polar surface area (TPSA) is 54.0 Å². The molecular weight excluding hydrogens is 445 g/mol. The fraction of sp³-hybridized carbons (Fsp3) is 0.321. The largest absolute Gasteiger partial charge is 0.497 e. The summed E-state index contributed by atoms with van der Waals surface area (Å²) in [6.45, 7) is 2.67. The first-order valence-corrected chi connectivity index (χ1v) is 11.9. The third-order valence-corrected chi connectivity index (χ3v) is 7.07. The smallest absolute Gasteiger partial charge is 0.225 e. The molecule has 1 N–H and O–H groups in total. The molecule has 1 fully saturated rings. The molecule has 182 valence electrons. The van der Waals surface area contributed by atoms with E-state index in [0.717, 1.165) is 47.1 Å². The molecule has 5 rings (SSSR count). The lowest BCUT2D eigenvalue weighted by molar-refractivity contribution is -0.126. The van der Waals surface area contributed by atoms with Gasteiger partial charge in [-0.1, -0.05) is 30.3 Å². The SMILES string of the molecule is COc1ccc2c(c1)N1CCN(c3ccccc3OC)CC1C(C(=O)NCc1ccc(F)cc1)C2. The summed E-state index contributed by atoms with van der Waals surface area (Å²) in [6, 6.07) is 20.3. The van der Waals surface area contributed by atoms with Crippen molar-refractivity contribution in [1.82, 2.24) is 5.32 Å². The first-order valence-electron chi connectivity index (χ1n) is 11.9. The van der Waals surface area contributed by atoms with E-state index in [1.54, 1.807) is 26.4 Å². The van der Waals surface area contributed by atoms with Crippen molar-refractivity contribution in [3.8, 4) is 11.5 Å². The van der Waals surface area contributed by atoms with Crippen LogP contribution in [-0.4, -0.2) is 45.8 Å². The highest BCUT2D eigenvalue weighted by Crippen LogP contribution is 2.40. The van der Waals surface area contributed by atoms with Crippen LogP contribution >= 0.6 is 0 Å². The Hall–Kier alpha value is -3.74. The van der Waals surface area contributed by atoms with Gasteiger partial charge >= 0.3 is 0 Å². The van der Waals surface area contributed by atoms with Gasteiger partial charge in [-0.3, -0.25) is 4.79 Å². The van der Waals surface area contributed by atoms with Crippen molar-refractivity contribution in [2.24, 2.45) is 5.92 Å². The van der Waals surface area contributed by atoms with Gasteiger partial charge in [0.15, 0.2) is 0 Å². The average Bonchev–Trinajstić information content (AvgIpc) is 2.91. The Bertz CT molecular complexity index is 1200. The molecule has 1 amide bonds. The van der Waals surface area contributed by atoms with Crippen molar-refractivity contribution < 1.29 is 18.7 Å². The predicted molar refractivity (Wildman–Crippen MR) is 135 cm³/mol. The molecule has 0 bridgehead atoms. The summed E-state index contributed by atoms with van der Waals surface area (Å²) in [4.78, 5) is 18.2. The van der Waals surface area contributed by atoms with E-state index in [9.17, 15) is 9.18 Å². The van der Waals surface area contributed by atoms with E-state index in [2.05, 4.69) is 33.3 Å². The monoisotopic (exact) mass is 475 g/mol. The number of nitrogens with one attached hydrogen (secondary N) is 1. The Kier molecular flexibility index (Phi) is 6.49. The zero-order chi connectivity index (χ0) is 24.4. The number of methoxy groups -OCH3 is 2. The average molecular weight is 476 g/mol. The van der Waals surface area contributed by atoms with Gasteiger partial charge in [-0.15, -0.1) is 0 Å². The van der Waals surface area contributed by atoms with Gasteiger partial charge in [-0.2, -0.15) is 0 Å². The summed E-state index contributed by atoms with van der Waals surface area (Å²) in [5.41, 5.74) is 4.19. The summed E-state index contributed by atoms with van der Waals surface area (Å²) in [5, 5.41) is 3.10. The summed E-state index contributed by atoms with van der Waals surface area (Å²) < 4.78 is 24.4. The standard InChI is InChI=1S/C28H30FN3O3/c1-34-22-12-9-20-15-23(28(33)30-17-19-7-10-21(29)11-8-19)26-18-31(13-14-32(26)25(20)16-22)24-5-3-4-6-27(24)35-2/h3-12,16,23,26H,13-15,17-18H2,1-2H3,(H,30,33). The second-order valence-electron chi connectivity index (χ2n) is 9.03. The molecule has 0 aliphatic carbocycles. The summed E-state index contributed by atoms with van der Waals surface area (Å²) >= 11 is 0. The van der Waals surface area contributed by atoms with Crippen molar-refractivity contribution in [2.75, 3.05) is 43.7 Å². The maximum absolute atomic E-state index is 13.5. The number of ether oxygens (including phenoxy) is 2. The van der Waals surface area contributed by atoms with Gasteiger partial charge < -0.3 is 24.6 Å². The molecule has 3 aromatic rings. The molecule has 7 heteroatoms. The van der Waals surface area contributed by atoms with Crippen molar-refractivity contribution in [3.05, 3.63) is 83.7 Å². The quantitative estimate of drug-likeness (QED) is 0.584. The van der Waals surface area contributed by atoms with Gasteiger partial charge in [0, 0.05) is 37.9 Å². The normalized spacial score (nSPS) is 18.9. The van der Waals surface area contributed by atoms with E-state index in [1.165, 1.54) is 12.1 Å². The van der Waals surface area contributed by atoms with Crippen LogP contribution in [0.3, 0.4) is 0 Å². The second kappa shape index (κ2) is 9.86. The van der Waals surface area contributed by atoms with Crippen LogP contribution < -0.4 is 24.6 Å². The summed E-state index contributed by atoms with van der Waals surface area (Å²) in [5.74, 6) is 1.14. The van der Waals surface area contributed by atoms with E-state index in [0.29, 0.717) is 19.5 Å². The van der Waals surface area contributed by atoms with Crippen LogP contribution in [0.25, 0.3) is 0 Å². The van der Waals surface area contributed by atoms with Gasteiger partial charge in [-0.05, 0) is 47.9 Å². The Morgan fingerprint density at radius 3 is 2.57 bits per heavy atom. The molecule has 2 atom stereocenters. The number of halogens is 1. The minimum atomic E-state index is -0.284. The van der Waals surface area contributed by atoms with E-state index >= 15 is 0 Å². The molecule has 3 aromatic carbocycles. The lowest BCUT2D eigenvalue weighted by Crippen LogP contribution is -2.61. The number of fused-ring (bicyclic) bond motifs is 3. The third kappa shape index (κ3) is 4.63. The number of nitrogens with zero attached hydrogens (tertiary/aromatic N) is 2. The number of carbonyl (C=O) groups excluding carboxylic acids is 1. The van der Waals surface area contributed by atoms with Crippen molar-refractivity contribution in [3.63, 3.8) is 0 Å². The first kappa shape index (κ1) is 23.0. The fourth-order valence-corrected chi connectivity index (χ4v) is 5.24. The predicted octanol–water partition coefficient (Wildman–Crippen LogP) is 4.03. The number of rotatable bonds is 6. The zero-order valence-corrected chi connectivity index (χ0v) is 20.0. The molecule has 2 aliphatic rings. The highest BCUT2D eigenvalue weighted by Gasteiger charge is 2.42. The lowest BCUT2D eigenvalue weighted by Gasteiger charge is -2.49. The van der Waals surface area contributed by atoms with Gasteiger partial charge in [0.25, 0.3) is 0 Å². The number of amides is 1. The third-order valence-electron chi connectivity index (χ3n) is 7.07. The van der Waals surface area contributed by atoms with Crippen LogP contribution in [-0.2, 0) is 17.8 Å². The number of carbonyl (C=O) groups is 1. The van der Waals surface area contributed by atoms with Gasteiger partial charge in [0.2, 0.25) is 5.91 Å². The molecule has 0 aromatic heterocycles. The summed E-state index contributed by atoms with van der Waals surface area (Å²) in [7, 11) is 3.36. The van der Waals surface area contributed by atoms with E-state index in [4.69, 9.17) is 9.47 Å². The molecular formula is C28H30FN3O3. The molecule has 2 aliphatic heterocycles. The number of benzene rings is 3. The molecule has 0 saturated carbocycles. The van der Waals surface area contributed by atoms with Crippen LogP contribution in [0, 0.1) is 11.7 Å². The molecule has 6 nitrogen and oxygen atoms in total. The molecule has 2 heterocycles. The number of para-hydroxylation sites is 2. The van der Waals surface area contributed by atoms with E-state index in [-0.39, 0.29) is 23.7 Å². The van der Waals surface area contributed by atoms with Crippen LogP contribution in [0.1, 0.15) is 11.1 Å². The highest BCUT2D eigenvalue weighted by molar-refractivity contribution is 5.82. The van der Waals surface area contributed by atoms with Gasteiger partial charge in [0.1, 0.15) is 17.3 Å². The van der Waals surface area contributed by atoms with Crippen LogP contribution in [0.2, 0.25) is 0 Å². The molecule has 0 radical (unpaired) electrons. The lowest BCUT2D eigenvalue weighted by atomic mass is 9.83. The van der Waals surface area contributed by atoms with E-state index < -0.39 is 0 Å². The van der Waals surface area contributed by atoms with Crippen LogP contribution in [0.5, 0.6) is 11.5 Å². The maximum atomic E-state index is 13.5. The number of piperazine rings is 1. The minimum absolute atomic E-state index is 0.00710. The highest BCUT2D eigenvalue weighted by atomic mass is 19.1. The second-order valence-corrected chi connectivity index (χ2v) is 9.03.